The lowest BCUT2D eigenvalue weighted by Crippen LogP contribution is -2.08. The van der Waals surface area contributed by atoms with Crippen LogP contribution >= 0.6 is 0 Å². The molecule has 1 aliphatic carbocycles. The molecule has 1 aliphatic rings. The van der Waals surface area contributed by atoms with Crippen LogP contribution in [0, 0.1) is 6.92 Å². The van der Waals surface area contributed by atoms with Crippen molar-refractivity contribution < 1.29 is 4.79 Å². The summed E-state index contributed by atoms with van der Waals surface area (Å²) in [6.45, 7) is 2.07. The van der Waals surface area contributed by atoms with Crippen LogP contribution in [-0.2, 0) is 6.42 Å². The molecule has 0 radical (unpaired) electrons. The minimum absolute atomic E-state index is 0.118. The Hall–Kier alpha value is -2.15. The number of ketones is 1. The third-order valence-electron chi connectivity index (χ3n) is 3.39. The number of hydrogen-bond acceptors (Lipinski definition) is 1. The van der Waals surface area contributed by atoms with Gasteiger partial charge in [0.25, 0.3) is 0 Å². The van der Waals surface area contributed by atoms with Gasteiger partial charge in [0.05, 0.1) is 0 Å². The number of hydrogen-bond donors (Lipinski definition) is 0. The summed E-state index contributed by atoms with van der Waals surface area (Å²) in [5.74, 6) is 0.118. The van der Waals surface area contributed by atoms with Gasteiger partial charge in [-0.3, -0.25) is 4.79 Å². The van der Waals surface area contributed by atoms with Gasteiger partial charge in [-0.15, -0.1) is 0 Å². The van der Waals surface area contributed by atoms with E-state index < -0.39 is 0 Å². The average molecular weight is 234 g/mol. The van der Waals surface area contributed by atoms with Crippen LogP contribution in [0.1, 0.15) is 27.0 Å². The first-order chi connectivity index (χ1) is 8.74. The van der Waals surface area contributed by atoms with Crippen molar-refractivity contribution in [1.82, 2.24) is 0 Å². The highest BCUT2D eigenvalue weighted by atomic mass is 16.1. The van der Waals surface area contributed by atoms with E-state index in [2.05, 4.69) is 31.2 Å². The lowest BCUT2D eigenvalue weighted by molar-refractivity contribution is 0.104. The van der Waals surface area contributed by atoms with Crippen molar-refractivity contribution in [3.63, 3.8) is 0 Å². The Bertz CT molecular complexity index is 633. The molecule has 0 atom stereocenters. The predicted molar refractivity (Wildman–Crippen MR) is 73.6 cm³/mol. The summed E-state index contributed by atoms with van der Waals surface area (Å²) < 4.78 is 0. The number of rotatable bonds is 1. The Kier molecular flexibility index (Phi) is 2.60. The molecule has 0 unspecified atom stereocenters. The monoisotopic (exact) mass is 234 g/mol. The highest BCUT2D eigenvalue weighted by molar-refractivity contribution is 6.11. The van der Waals surface area contributed by atoms with Crippen LogP contribution in [0.15, 0.2) is 54.6 Å². The molecule has 2 aromatic rings. The molecule has 88 valence electrons. The molecule has 3 rings (SSSR count). The van der Waals surface area contributed by atoms with Crippen LogP contribution in [-0.4, -0.2) is 5.78 Å². The van der Waals surface area contributed by atoms with Gasteiger partial charge in [0, 0.05) is 5.56 Å². The summed E-state index contributed by atoms with van der Waals surface area (Å²) in [6, 6.07) is 16.2. The summed E-state index contributed by atoms with van der Waals surface area (Å²) >= 11 is 0. The number of aryl methyl sites for hydroxylation is 1. The minimum atomic E-state index is 0.118. The van der Waals surface area contributed by atoms with Crippen molar-refractivity contribution in [2.75, 3.05) is 0 Å². The lowest BCUT2D eigenvalue weighted by atomic mass is 9.87. The SMILES string of the molecule is Cc1ccc(C2=CC(=O)c3ccccc3C2)cc1. The van der Waals surface area contributed by atoms with Crippen LogP contribution in [0.4, 0.5) is 0 Å². The van der Waals surface area contributed by atoms with E-state index in [9.17, 15) is 4.79 Å². The molecule has 0 spiro atoms. The molecule has 0 bridgehead atoms. The van der Waals surface area contributed by atoms with Gasteiger partial charge >= 0.3 is 0 Å². The standard InChI is InChI=1S/C17H14O/c1-12-6-8-13(9-7-12)15-10-14-4-2-3-5-16(14)17(18)11-15/h2-9,11H,10H2,1H3. The molecule has 0 amide bonds. The zero-order chi connectivity index (χ0) is 12.5. The molecular weight excluding hydrogens is 220 g/mol. The fourth-order valence-corrected chi connectivity index (χ4v) is 2.36. The molecular formula is C17H14O. The Balaban J connectivity index is 2.02. The van der Waals surface area contributed by atoms with E-state index >= 15 is 0 Å². The van der Waals surface area contributed by atoms with Gasteiger partial charge in [0.1, 0.15) is 0 Å². The Labute approximate surface area is 107 Å². The fourth-order valence-electron chi connectivity index (χ4n) is 2.36. The van der Waals surface area contributed by atoms with E-state index in [1.54, 1.807) is 6.08 Å². The van der Waals surface area contributed by atoms with Crippen LogP contribution in [0.5, 0.6) is 0 Å². The van der Waals surface area contributed by atoms with Gasteiger partial charge in [-0.2, -0.15) is 0 Å². The maximum Gasteiger partial charge on any atom is 0.186 e. The lowest BCUT2D eigenvalue weighted by Gasteiger charge is -2.16. The van der Waals surface area contributed by atoms with Gasteiger partial charge in [0.15, 0.2) is 5.78 Å². The third-order valence-corrected chi connectivity index (χ3v) is 3.39. The van der Waals surface area contributed by atoms with Gasteiger partial charge in [-0.25, -0.2) is 0 Å². The second kappa shape index (κ2) is 4.26. The summed E-state index contributed by atoms with van der Waals surface area (Å²) in [5, 5.41) is 0. The van der Waals surface area contributed by atoms with Crippen molar-refractivity contribution in [2.45, 2.75) is 13.3 Å². The highest BCUT2D eigenvalue weighted by Gasteiger charge is 2.17. The molecule has 0 N–H and O–H groups in total. The van der Waals surface area contributed by atoms with Gasteiger partial charge < -0.3 is 0 Å². The van der Waals surface area contributed by atoms with E-state index in [1.807, 2.05) is 24.3 Å². The third kappa shape index (κ3) is 1.88. The van der Waals surface area contributed by atoms with E-state index in [-0.39, 0.29) is 5.78 Å². The van der Waals surface area contributed by atoms with Crippen molar-refractivity contribution in [3.05, 3.63) is 76.9 Å². The quantitative estimate of drug-likeness (QED) is 0.733. The van der Waals surface area contributed by atoms with Crippen molar-refractivity contribution in [1.29, 1.82) is 0 Å². The summed E-state index contributed by atoms with van der Waals surface area (Å²) in [6.07, 6.45) is 2.61. The second-order valence-corrected chi connectivity index (χ2v) is 4.73. The maximum absolute atomic E-state index is 12.1. The van der Waals surface area contributed by atoms with Crippen molar-refractivity contribution >= 4 is 11.4 Å². The summed E-state index contributed by atoms with van der Waals surface area (Å²) in [5.41, 5.74) is 5.46. The molecule has 0 saturated heterocycles. The molecule has 0 heterocycles. The van der Waals surface area contributed by atoms with Crippen LogP contribution in [0.2, 0.25) is 0 Å². The number of carbonyl (C=O) groups is 1. The maximum atomic E-state index is 12.1. The molecule has 0 aromatic heterocycles. The number of allylic oxidation sites excluding steroid dienone is 2. The zero-order valence-electron chi connectivity index (χ0n) is 10.3. The van der Waals surface area contributed by atoms with E-state index in [4.69, 9.17) is 0 Å². The Morgan fingerprint density at radius 3 is 2.44 bits per heavy atom. The molecule has 2 aromatic carbocycles. The first-order valence-corrected chi connectivity index (χ1v) is 6.14. The largest absolute Gasteiger partial charge is 0.289 e. The second-order valence-electron chi connectivity index (χ2n) is 4.73. The van der Waals surface area contributed by atoms with Crippen LogP contribution in [0.3, 0.4) is 0 Å². The molecule has 1 nitrogen and oxygen atoms in total. The Morgan fingerprint density at radius 2 is 1.67 bits per heavy atom. The van der Waals surface area contributed by atoms with E-state index in [0.717, 1.165) is 28.7 Å². The smallest absolute Gasteiger partial charge is 0.186 e. The van der Waals surface area contributed by atoms with Crippen molar-refractivity contribution in [2.24, 2.45) is 0 Å². The van der Waals surface area contributed by atoms with Gasteiger partial charge in [-0.05, 0) is 36.1 Å². The number of fused-ring (bicyclic) bond motifs is 1. The highest BCUT2D eigenvalue weighted by Crippen LogP contribution is 2.27. The van der Waals surface area contributed by atoms with Crippen molar-refractivity contribution in [3.8, 4) is 0 Å². The molecule has 1 heteroatoms. The zero-order valence-corrected chi connectivity index (χ0v) is 10.3. The topological polar surface area (TPSA) is 17.1 Å². The van der Waals surface area contributed by atoms with Crippen LogP contribution in [0.25, 0.3) is 5.57 Å². The Morgan fingerprint density at radius 1 is 0.944 bits per heavy atom. The predicted octanol–water partition coefficient (Wildman–Crippen LogP) is 3.82. The average Bonchev–Trinajstić information content (AvgIpc) is 2.39. The fraction of sp³-hybridized carbons (Fsp3) is 0.118. The van der Waals surface area contributed by atoms with E-state index in [0.29, 0.717) is 0 Å². The van der Waals surface area contributed by atoms with E-state index in [1.165, 1.54) is 5.56 Å². The first kappa shape index (κ1) is 11.0. The van der Waals surface area contributed by atoms with Crippen LogP contribution < -0.4 is 0 Å². The molecule has 0 saturated carbocycles. The number of carbonyl (C=O) groups excluding carboxylic acids is 1. The normalized spacial score (nSPS) is 14.1. The summed E-state index contributed by atoms with van der Waals surface area (Å²) in [7, 11) is 0. The van der Waals surface area contributed by atoms with Gasteiger partial charge in [0.2, 0.25) is 0 Å². The summed E-state index contributed by atoms with van der Waals surface area (Å²) in [4.78, 5) is 12.1. The minimum Gasteiger partial charge on any atom is -0.289 e. The molecule has 0 aliphatic heterocycles. The number of benzene rings is 2. The van der Waals surface area contributed by atoms with Gasteiger partial charge in [-0.1, -0.05) is 54.1 Å². The molecule has 18 heavy (non-hydrogen) atoms. The first-order valence-electron chi connectivity index (χ1n) is 6.14. The molecule has 0 fully saturated rings.